The SMILES string of the molecule is C/C(=N\NC(=O)c1sc2cc(Cl)ccc2c1Cl)c1ccc(NC(=O)c2cc(C)on2)cc1. The molecule has 2 amide bonds. The highest BCUT2D eigenvalue weighted by Gasteiger charge is 2.17. The summed E-state index contributed by atoms with van der Waals surface area (Å²) in [7, 11) is 0. The Labute approximate surface area is 197 Å². The minimum Gasteiger partial charge on any atom is -0.361 e. The number of hydrogen-bond donors (Lipinski definition) is 2. The van der Waals surface area contributed by atoms with E-state index >= 15 is 0 Å². The van der Waals surface area contributed by atoms with Crippen LogP contribution in [0.4, 0.5) is 5.69 Å². The van der Waals surface area contributed by atoms with Gasteiger partial charge in [0.15, 0.2) is 5.69 Å². The lowest BCUT2D eigenvalue weighted by molar-refractivity contribution is 0.0958. The summed E-state index contributed by atoms with van der Waals surface area (Å²) in [6.45, 7) is 3.47. The number of fused-ring (bicyclic) bond motifs is 1. The molecule has 0 aliphatic rings. The minimum atomic E-state index is -0.404. The molecule has 0 atom stereocenters. The van der Waals surface area contributed by atoms with Crippen LogP contribution in [-0.4, -0.2) is 22.7 Å². The van der Waals surface area contributed by atoms with E-state index in [9.17, 15) is 9.59 Å². The first kappa shape index (κ1) is 22.0. The summed E-state index contributed by atoms with van der Waals surface area (Å²) >= 11 is 13.6. The summed E-state index contributed by atoms with van der Waals surface area (Å²) in [6, 6.07) is 13.9. The number of nitrogens with one attached hydrogen (secondary N) is 2. The predicted molar refractivity (Wildman–Crippen MR) is 127 cm³/mol. The topological polar surface area (TPSA) is 96.6 Å². The molecule has 2 heterocycles. The van der Waals surface area contributed by atoms with Gasteiger partial charge in [-0.1, -0.05) is 46.6 Å². The second-order valence-electron chi connectivity index (χ2n) is 6.88. The standard InChI is InChI=1S/C22H16Cl2N4O3S/c1-11-9-17(28-31-11)21(29)25-15-6-3-13(4-7-15)12(2)26-27-22(30)20-19(24)16-8-5-14(23)10-18(16)32-20/h3-10H,1-2H3,(H,25,29)(H,27,30)/b26-12+. The molecule has 0 aliphatic carbocycles. The zero-order valence-electron chi connectivity index (χ0n) is 16.9. The zero-order chi connectivity index (χ0) is 22.8. The van der Waals surface area contributed by atoms with Crippen LogP contribution in [0.5, 0.6) is 0 Å². The molecule has 0 radical (unpaired) electrons. The molecule has 4 aromatic rings. The Morgan fingerprint density at radius 3 is 2.50 bits per heavy atom. The van der Waals surface area contributed by atoms with E-state index in [0.717, 1.165) is 15.6 Å². The van der Waals surface area contributed by atoms with Gasteiger partial charge in [-0.25, -0.2) is 5.43 Å². The summed E-state index contributed by atoms with van der Waals surface area (Å²) in [6.07, 6.45) is 0. The number of aryl methyl sites for hydroxylation is 1. The highest BCUT2D eigenvalue weighted by molar-refractivity contribution is 7.21. The van der Waals surface area contributed by atoms with E-state index in [2.05, 4.69) is 21.0 Å². The molecule has 7 nitrogen and oxygen atoms in total. The van der Waals surface area contributed by atoms with Crippen LogP contribution in [0.25, 0.3) is 10.1 Å². The summed E-state index contributed by atoms with van der Waals surface area (Å²) in [5.41, 5.74) is 4.69. The van der Waals surface area contributed by atoms with Crippen molar-refractivity contribution in [1.82, 2.24) is 10.6 Å². The Hall–Kier alpha value is -3.20. The van der Waals surface area contributed by atoms with E-state index in [0.29, 0.717) is 32.1 Å². The smallest absolute Gasteiger partial charge is 0.283 e. The van der Waals surface area contributed by atoms with E-state index in [-0.39, 0.29) is 11.6 Å². The largest absolute Gasteiger partial charge is 0.361 e. The molecule has 10 heteroatoms. The van der Waals surface area contributed by atoms with Crippen LogP contribution in [0, 0.1) is 6.92 Å². The normalized spacial score (nSPS) is 11.6. The fourth-order valence-electron chi connectivity index (χ4n) is 2.90. The lowest BCUT2D eigenvalue weighted by atomic mass is 10.1. The Bertz CT molecular complexity index is 1360. The summed E-state index contributed by atoms with van der Waals surface area (Å²) in [5.74, 6) is -0.215. The molecule has 0 unspecified atom stereocenters. The summed E-state index contributed by atoms with van der Waals surface area (Å²) in [4.78, 5) is 25.1. The second kappa shape index (κ2) is 9.12. The van der Waals surface area contributed by atoms with Gasteiger partial charge in [-0.15, -0.1) is 11.3 Å². The Morgan fingerprint density at radius 1 is 1.06 bits per heavy atom. The first-order chi connectivity index (χ1) is 15.3. The number of hydrogen-bond acceptors (Lipinski definition) is 6. The van der Waals surface area contributed by atoms with Crippen molar-refractivity contribution in [2.24, 2.45) is 5.10 Å². The van der Waals surface area contributed by atoms with Crippen molar-refractivity contribution < 1.29 is 14.1 Å². The van der Waals surface area contributed by atoms with Crippen LogP contribution in [0.2, 0.25) is 10.0 Å². The number of benzene rings is 2. The number of carbonyl (C=O) groups excluding carboxylic acids is 2. The van der Waals surface area contributed by atoms with E-state index in [4.69, 9.17) is 27.7 Å². The van der Waals surface area contributed by atoms with Crippen molar-refractivity contribution in [2.75, 3.05) is 5.32 Å². The van der Waals surface area contributed by atoms with E-state index < -0.39 is 5.91 Å². The van der Waals surface area contributed by atoms with Crippen molar-refractivity contribution in [3.8, 4) is 0 Å². The zero-order valence-corrected chi connectivity index (χ0v) is 19.2. The number of aromatic nitrogens is 1. The molecule has 0 spiro atoms. The van der Waals surface area contributed by atoms with Crippen LogP contribution in [-0.2, 0) is 0 Å². The minimum absolute atomic E-state index is 0.203. The Morgan fingerprint density at radius 2 is 1.81 bits per heavy atom. The van der Waals surface area contributed by atoms with Crippen molar-refractivity contribution in [3.05, 3.63) is 80.5 Å². The van der Waals surface area contributed by atoms with E-state index in [1.165, 1.54) is 11.3 Å². The molecule has 0 aliphatic heterocycles. The van der Waals surface area contributed by atoms with Crippen molar-refractivity contribution in [1.29, 1.82) is 0 Å². The van der Waals surface area contributed by atoms with Crippen molar-refractivity contribution >= 4 is 67.8 Å². The summed E-state index contributed by atoms with van der Waals surface area (Å²) in [5, 5.41) is 12.3. The van der Waals surface area contributed by atoms with Crippen LogP contribution < -0.4 is 10.7 Å². The van der Waals surface area contributed by atoms with E-state index in [1.807, 2.05) is 0 Å². The fraction of sp³-hybridized carbons (Fsp3) is 0.0909. The van der Waals surface area contributed by atoms with Crippen molar-refractivity contribution in [2.45, 2.75) is 13.8 Å². The van der Waals surface area contributed by atoms with Crippen LogP contribution in [0.1, 0.15) is 38.4 Å². The van der Waals surface area contributed by atoms with Gasteiger partial charge in [0.2, 0.25) is 0 Å². The number of hydrazone groups is 1. The number of carbonyl (C=O) groups is 2. The maximum absolute atomic E-state index is 12.6. The first-order valence-corrected chi connectivity index (χ1v) is 11.0. The van der Waals surface area contributed by atoms with Gasteiger partial charge < -0.3 is 9.84 Å². The van der Waals surface area contributed by atoms with Gasteiger partial charge in [-0.05, 0) is 43.7 Å². The Balaban J connectivity index is 1.43. The highest BCUT2D eigenvalue weighted by Crippen LogP contribution is 2.36. The van der Waals surface area contributed by atoms with E-state index in [1.54, 1.807) is 62.4 Å². The molecule has 0 saturated carbocycles. The number of halogens is 2. The molecule has 0 bridgehead atoms. The predicted octanol–water partition coefficient (Wildman–Crippen LogP) is 5.91. The second-order valence-corrected chi connectivity index (χ2v) is 8.74. The van der Waals surface area contributed by atoms with Gasteiger partial charge in [-0.3, -0.25) is 9.59 Å². The van der Waals surface area contributed by atoms with Gasteiger partial charge in [0, 0.05) is 26.9 Å². The molecule has 162 valence electrons. The third kappa shape index (κ3) is 4.67. The van der Waals surface area contributed by atoms with Gasteiger partial charge in [0.25, 0.3) is 11.8 Å². The lowest BCUT2D eigenvalue weighted by Crippen LogP contribution is -2.18. The number of nitrogens with zero attached hydrogens (tertiary/aromatic N) is 2. The first-order valence-electron chi connectivity index (χ1n) is 9.39. The monoisotopic (exact) mass is 486 g/mol. The fourth-order valence-corrected chi connectivity index (χ4v) is 4.58. The number of anilines is 1. The molecule has 0 saturated heterocycles. The quantitative estimate of drug-likeness (QED) is 0.270. The van der Waals surface area contributed by atoms with Gasteiger partial charge >= 0.3 is 0 Å². The third-order valence-electron chi connectivity index (χ3n) is 4.54. The van der Waals surface area contributed by atoms with Gasteiger partial charge in [0.1, 0.15) is 10.6 Å². The van der Waals surface area contributed by atoms with Crippen LogP contribution in [0.15, 0.2) is 58.2 Å². The number of thiophene rings is 1. The van der Waals surface area contributed by atoms with Crippen LogP contribution >= 0.6 is 34.5 Å². The Kier molecular flexibility index (Phi) is 6.27. The average molecular weight is 487 g/mol. The molecule has 4 rings (SSSR count). The molecule has 2 aromatic carbocycles. The molecular weight excluding hydrogens is 471 g/mol. The van der Waals surface area contributed by atoms with Gasteiger partial charge in [-0.2, -0.15) is 5.10 Å². The molecular formula is C22H16Cl2N4O3S. The lowest BCUT2D eigenvalue weighted by Gasteiger charge is -2.05. The third-order valence-corrected chi connectivity index (χ3v) is 6.44. The molecule has 0 fully saturated rings. The highest BCUT2D eigenvalue weighted by atomic mass is 35.5. The van der Waals surface area contributed by atoms with Crippen LogP contribution in [0.3, 0.4) is 0 Å². The maximum atomic E-state index is 12.6. The molecule has 2 N–H and O–H groups in total. The molecule has 2 aromatic heterocycles. The average Bonchev–Trinajstić information content (AvgIpc) is 3.35. The maximum Gasteiger partial charge on any atom is 0.283 e. The number of amides is 2. The number of rotatable bonds is 5. The molecule has 32 heavy (non-hydrogen) atoms. The van der Waals surface area contributed by atoms with Crippen molar-refractivity contribution in [3.63, 3.8) is 0 Å². The van der Waals surface area contributed by atoms with Gasteiger partial charge in [0.05, 0.1) is 10.7 Å². The summed E-state index contributed by atoms with van der Waals surface area (Å²) < 4.78 is 5.73.